The van der Waals surface area contributed by atoms with Crippen LogP contribution >= 0.6 is 0 Å². The fourth-order valence-corrected chi connectivity index (χ4v) is 3.88. The molecule has 0 aromatic rings. The van der Waals surface area contributed by atoms with E-state index in [1.165, 1.54) is 38.5 Å². The van der Waals surface area contributed by atoms with Crippen LogP contribution in [0.25, 0.3) is 0 Å². The fraction of sp³-hybridized carbons (Fsp3) is 1.00. The van der Waals surface area contributed by atoms with Crippen molar-refractivity contribution in [1.29, 1.82) is 0 Å². The highest BCUT2D eigenvalue weighted by Gasteiger charge is 2.38. The van der Waals surface area contributed by atoms with E-state index >= 15 is 0 Å². The average Bonchev–Trinajstić information content (AvgIpc) is 2.56. The van der Waals surface area contributed by atoms with Crippen LogP contribution in [0, 0.1) is 0 Å². The van der Waals surface area contributed by atoms with Crippen LogP contribution in [0.4, 0.5) is 0 Å². The molecule has 0 spiro atoms. The zero-order valence-corrected chi connectivity index (χ0v) is 12.1. The predicted molar refractivity (Wildman–Crippen MR) is 75.7 cm³/mol. The molecule has 1 aliphatic carbocycles. The Kier molecular flexibility index (Phi) is 5.05. The Morgan fingerprint density at radius 3 is 2.11 bits per heavy atom. The molecule has 0 amide bonds. The maximum atomic E-state index is 6.10. The second kappa shape index (κ2) is 6.36. The largest absolute Gasteiger partial charge is 0.375 e. The average molecular weight is 254 g/mol. The highest BCUT2D eigenvalue weighted by molar-refractivity contribution is 4.97. The van der Waals surface area contributed by atoms with Crippen molar-refractivity contribution < 1.29 is 4.74 Å². The molecule has 1 heterocycles. The second-order valence-electron chi connectivity index (χ2n) is 6.48. The van der Waals surface area contributed by atoms with Crippen LogP contribution in [0.3, 0.4) is 0 Å². The molecule has 1 saturated heterocycles. The van der Waals surface area contributed by atoms with Crippen LogP contribution in [-0.4, -0.2) is 30.3 Å². The van der Waals surface area contributed by atoms with Crippen molar-refractivity contribution in [1.82, 2.24) is 5.32 Å². The van der Waals surface area contributed by atoms with Gasteiger partial charge in [-0.05, 0) is 39.5 Å². The molecule has 2 rings (SSSR count). The first-order chi connectivity index (χ1) is 8.63. The van der Waals surface area contributed by atoms with Crippen molar-refractivity contribution in [2.24, 2.45) is 5.73 Å². The summed E-state index contributed by atoms with van der Waals surface area (Å²) >= 11 is 0. The summed E-state index contributed by atoms with van der Waals surface area (Å²) in [4.78, 5) is 0. The van der Waals surface area contributed by atoms with E-state index in [9.17, 15) is 0 Å². The van der Waals surface area contributed by atoms with Crippen molar-refractivity contribution in [3.05, 3.63) is 0 Å². The molecule has 0 aromatic carbocycles. The molecule has 0 bridgehead atoms. The Balaban J connectivity index is 1.97. The van der Waals surface area contributed by atoms with Gasteiger partial charge in [0.05, 0.1) is 12.2 Å². The van der Waals surface area contributed by atoms with E-state index in [4.69, 9.17) is 10.5 Å². The number of ether oxygens (including phenoxy) is 1. The smallest absolute Gasteiger partial charge is 0.0568 e. The molecule has 3 nitrogen and oxygen atoms in total. The van der Waals surface area contributed by atoms with Gasteiger partial charge in [0, 0.05) is 18.1 Å². The Labute approximate surface area is 112 Å². The number of hydrogen-bond donors (Lipinski definition) is 2. The van der Waals surface area contributed by atoms with Gasteiger partial charge in [0.1, 0.15) is 0 Å². The lowest BCUT2D eigenvalue weighted by Crippen LogP contribution is -2.60. The third kappa shape index (κ3) is 3.69. The monoisotopic (exact) mass is 254 g/mol. The SMILES string of the molecule is CC1CC(CN)(NC2CCCCCC2)CC(C)O1. The van der Waals surface area contributed by atoms with Gasteiger partial charge in [0.25, 0.3) is 0 Å². The van der Waals surface area contributed by atoms with Crippen LogP contribution in [0.15, 0.2) is 0 Å². The highest BCUT2D eigenvalue weighted by Crippen LogP contribution is 2.30. The lowest BCUT2D eigenvalue weighted by atomic mass is 9.83. The van der Waals surface area contributed by atoms with Crippen molar-refractivity contribution in [3.8, 4) is 0 Å². The van der Waals surface area contributed by atoms with Crippen LogP contribution in [0.5, 0.6) is 0 Å². The third-order valence-corrected chi connectivity index (χ3v) is 4.58. The van der Waals surface area contributed by atoms with Gasteiger partial charge < -0.3 is 15.8 Å². The summed E-state index contributed by atoms with van der Waals surface area (Å²) in [6.45, 7) is 5.09. The first kappa shape index (κ1) is 14.3. The molecule has 3 N–H and O–H groups in total. The molecule has 18 heavy (non-hydrogen) atoms. The lowest BCUT2D eigenvalue weighted by Gasteiger charge is -2.45. The molecular formula is C15H30N2O. The predicted octanol–water partition coefficient (Wildman–Crippen LogP) is 2.58. The van der Waals surface area contributed by atoms with Gasteiger partial charge in [0.2, 0.25) is 0 Å². The number of nitrogens with one attached hydrogen (secondary N) is 1. The Bertz CT molecular complexity index is 239. The quantitative estimate of drug-likeness (QED) is 0.761. The molecule has 0 radical (unpaired) electrons. The summed E-state index contributed by atoms with van der Waals surface area (Å²) in [6, 6.07) is 0.675. The Morgan fingerprint density at radius 1 is 1.06 bits per heavy atom. The molecule has 106 valence electrons. The molecule has 1 aliphatic heterocycles. The van der Waals surface area contributed by atoms with Crippen molar-refractivity contribution in [2.45, 2.75) is 89.0 Å². The Morgan fingerprint density at radius 2 is 1.61 bits per heavy atom. The first-order valence-corrected chi connectivity index (χ1v) is 7.77. The number of hydrogen-bond acceptors (Lipinski definition) is 3. The second-order valence-corrected chi connectivity index (χ2v) is 6.48. The minimum Gasteiger partial charge on any atom is -0.375 e. The molecule has 3 heteroatoms. The summed E-state index contributed by atoms with van der Waals surface area (Å²) in [5.41, 5.74) is 6.22. The summed E-state index contributed by atoms with van der Waals surface area (Å²) in [5, 5.41) is 3.92. The van der Waals surface area contributed by atoms with E-state index in [1.54, 1.807) is 0 Å². The lowest BCUT2D eigenvalue weighted by molar-refractivity contribution is -0.0697. The molecule has 1 saturated carbocycles. The summed E-state index contributed by atoms with van der Waals surface area (Å²) in [5.74, 6) is 0. The van der Waals surface area contributed by atoms with Gasteiger partial charge in [-0.1, -0.05) is 25.7 Å². The summed E-state index contributed by atoms with van der Waals surface area (Å²) < 4.78 is 5.86. The van der Waals surface area contributed by atoms with Crippen LogP contribution in [0.1, 0.15) is 65.2 Å². The zero-order valence-electron chi connectivity index (χ0n) is 12.1. The van der Waals surface area contributed by atoms with Crippen LogP contribution in [-0.2, 0) is 4.74 Å². The Hall–Kier alpha value is -0.120. The van der Waals surface area contributed by atoms with E-state index < -0.39 is 0 Å². The van der Waals surface area contributed by atoms with Crippen LogP contribution < -0.4 is 11.1 Å². The molecular weight excluding hydrogens is 224 g/mol. The van der Waals surface area contributed by atoms with E-state index in [-0.39, 0.29) is 5.54 Å². The van der Waals surface area contributed by atoms with Gasteiger partial charge >= 0.3 is 0 Å². The minimum atomic E-state index is 0.117. The summed E-state index contributed by atoms with van der Waals surface area (Å²) in [6.07, 6.45) is 11.0. The van der Waals surface area contributed by atoms with Crippen LogP contribution in [0.2, 0.25) is 0 Å². The molecule has 2 aliphatic rings. The molecule has 2 unspecified atom stereocenters. The van der Waals surface area contributed by atoms with Crippen molar-refractivity contribution in [3.63, 3.8) is 0 Å². The molecule has 0 aromatic heterocycles. The molecule has 2 fully saturated rings. The maximum Gasteiger partial charge on any atom is 0.0568 e. The maximum absolute atomic E-state index is 6.10. The van der Waals surface area contributed by atoms with E-state index in [0.717, 1.165) is 19.4 Å². The van der Waals surface area contributed by atoms with Crippen molar-refractivity contribution >= 4 is 0 Å². The fourth-order valence-electron chi connectivity index (χ4n) is 3.88. The van der Waals surface area contributed by atoms with E-state index in [0.29, 0.717) is 18.2 Å². The van der Waals surface area contributed by atoms with E-state index in [2.05, 4.69) is 19.2 Å². The van der Waals surface area contributed by atoms with E-state index in [1.807, 2.05) is 0 Å². The normalized spacial score (nSPS) is 39.5. The van der Waals surface area contributed by atoms with Gasteiger partial charge in [0.15, 0.2) is 0 Å². The zero-order chi connectivity index (χ0) is 13.0. The molecule has 2 atom stereocenters. The third-order valence-electron chi connectivity index (χ3n) is 4.58. The van der Waals surface area contributed by atoms with Gasteiger partial charge in [-0.15, -0.1) is 0 Å². The summed E-state index contributed by atoms with van der Waals surface area (Å²) in [7, 11) is 0. The topological polar surface area (TPSA) is 47.3 Å². The van der Waals surface area contributed by atoms with Gasteiger partial charge in [-0.3, -0.25) is 0 Å². The minimum absolute atomic E-state index is 0.117. The number of rotatable bonds is 3. The van der Waals surface area contributed by atoms with Crippen molar-refractivity contribution in [2.75, 3.05) is 6.54 Å². The first-order valence-electron chi connectivity index (χ1n) is 7.77. The van der Waals surface area contributed by atoms with Gasteiger partial charge in [-0.25, -0.2) is 0 Å². The van der Waals surface area contributed by atoms with Gasteiger partial charge in [-0.2, -0.15) is 0 Å². The standard InChI is InChI=1S/C15H30N2O/c1-12-9-15(11-16,10-13(2)18-12)17-14-7-5-3-4-6-8-14/h12-14,17H,3-11,16H2,1-2H3. The highest BCUT2D eigenvalue weighted by atomic mass is 16.5. The number of nitrogens with two attached hydrogens (primary N) is 1.